The van der Waals surface area contributed by atoms with Gasteiger partial charge in [-0.1, -0.05) is 60.9 Å². The summed E-state index contributed by atoms with van der Waals surface area (Å²) in [6.07, 6.45) is 0.856. The maximum absolute atomic E-state index is 13.0. The highest BCUT2D eigenvalue weighted by molar-refractivity contribution is 7.25. The fraction of sp³-hybridized carbons (Fsp3) is 0.409. The highest BCUT2D eigenvalue weighted by atomic mass is 31.1. The highest BCUT2D eigenvalue weighted by Crippen LogP contribution is 2.40. The summed E-state index contributed by atoms with van der Waals surface area (Å²) in [6, 6.07) is 16.8. The molecule has 0 fully saturated rings. The van der Waals surface area contributed by atoms with E-state index in [1.54, 1.807) is 12.1 Å². The van der Waals surface area contributed by atoms with Crippen molar-refractivity contribution in [3.05, 3.63) is 65.7 Å². The van der Waals surface area contributed by atoms with Gasteiger partial charge in [-0.2, -0.15) is 0 Å². The first-order valence-electron chi connectivity index (χ1n) is 9.39. The van der Waals surface area contributed by atoms with Crippen LogP contribution in [0, 0.1) is 11.8 Å². The number of carbonyl (C=O) groups is 1. The monoisotopic (exact) mass is 402 g/mol. The molecule has 3 atom stereocenters. The van der Waals surface area contributed by atoms with E-state index in [0.29, 0.717) is 18.5 Å². The van der Waals surface area contributed by atoms with E-state index in [-0.39, 0.29) is 12.5 Å². The zero-order chi connectivity index (χ0) is 20.6. The van der Waals surface area contributed by atoms with E-state index in [2.05, 4.69) is 0 Å². The van der Waals surface area contributed by atoms with Crippen molar-refractivity contribution in [3.8, 4) is 0 Å². The van der Waals surface area contributed by atoms with Crippen LogP contribution in [-0.4, -0.2) is 18.4 Å². The number of hydrogen-bond donors (Lipinski definition) is 1. The zero-order valence-corrected chi connectivity index (χ0v) is 17.7. The normalized spacial score (nSPS) is 14.6. The molecule has 0 saturated heterocycles. The third-order valence-corrected chi connectivity index (χ3v) is 5.84. The molecule has 2 N–H and O–H groups in total. The number of hydrogen-bond acceptors (Lipinski definition) is 5. The van der Waals surface area contributed by atoms with Crippen LogP contribution in [0.15, 0.2) is 54.6 Å². The van der Waals surface area contributed by atoms with Gasteiger partial charge in [0.25, 0.3) is 5.34 Å². The van der Waals surface area contributed by atoms with E-state index < -0.39 is 25.7 Å². The highest BCUT2D eigenvalue weighted by Gasteiger charge is 2.52. The molecule has 0 aliphatic heterocycles. The van der Waals surface area contributed by atoms with E-state index in [9.17, 15) is 9.36 Å². The van der Waals surface area contributed by atoms with Crippen LogP contribution in [-0.2, 0) is 31.9 Å². The number of carbonyl (C=O) groups excluding carboxylic acids is 1. The topological polar surface area (TPSA) is 78.6 Å². The van der Waals surface area contributed by atoms with Gasteiger partial charge >= 0.3 is 14.4 Å². The van der Waals surface area contributed by atoms with Crippen LogP contribution in [0.5, 0.6) is 0 Å². The Bertz CT molecular complexity index is 764. The summed E-state index contributed by atoms with van der Waals surface area (Å²) in [5, 5.41) is -1.14. The lowest BCUT2D eigenvalue weighted by Gasteiger charge is -2.29. The molecule has 2 aromatic carbocycles. The van der Waals surface area contributed by atoms with Crippen LogP contribution >= 0.6 is 8.46 Å². The molecule has 0 amide bonds. The Hall–Kier alpha value is -2.23. The molecule has 28 heavy (non-hydrogen) atoms. The second kappa shape index (κ2) is 10.4. The van der Waals surface area contributed by atoms with E-state index in [1.807, 2.05) is 56.3 Å². The second-order valence-electron chi connectivity index (χ2n) is 7.39. The fourth-order valence-corrected chi connectivity index (χ4v) is 3.94. The first kappa shape index (κ1) is 22.1. The largest absolute Gasteiger partial charge is 0.460 e. The van der Waals surface area contributed by atoms with Gasteiger partial charge < -0.3 is 15.2 Å². The lowest BCUT2D eigenvalue weighted by molar-refractivity contribution is -0.158. The average Bonchev–Trinajstić information content (AvgIpc) is 2.71. The molecule has 0 aliphatic carbocycles. The summed E-state index contributed by atoms with van der Waals surface area (Å²) in [4.78, 5) is 13.0. The van der Waals surface area contributed by atoms with Crippen molar-refractivity contribution in [3.63, 3.8) is 0 Å². The Kier molecular flexibility index (Phi) is 8.16. The molecule has 150 valence electrons. The van der Waals surface area contributed by atoms with Crippen molar-refractivity contribution in [2.24, 2.45) is 11.8 Å². The summed E-state index contributed by atoms with van der Waals surface area (Å²) in [6.45, 7) is 4.22. The first-order chi connectivity index (χ1) is 13.4. The number of benzene rings is 2. The Morgan fingerprint density at radius 1 is 1.07 bits per heavy atom. The van der Waals surface area contributed by atoms with Crippen molar-refractivity contribution in [1.82, 2.24) is 0 Å². The van der Waals surface area contributed by atoms with Crippen molar-refractivity contribution < 1.29 is 18.8 Å². The maximum Gasteiger partial charge on any atom is 0.361 e. The van der Waals surface area contributed by atoms with Crippen LogP contribution < -0.4 is 5.73 Å². The van der Waals surface area contributed by atoms with E-state index in [0.717, 1.165) is 11.1 Å². The van der Waals surface area contributed by atoms with Gasteiger partial charge in [0.15, 0.2) is 0 Å². The number of nitrogen functional groups attached to an aromatic ring is 1. The number of nitrogens with two attached hydrogens (primary N) is 1. The molecule has 0 saturated carbocycles. The third-order valence-electron chi connectivity index (χ3n) is 4.76. The molecule has 0 aromatic heterocycles. The van der Waals surface area contributed by atoms with Gasteiger partial charge in [0.05, 0.1) is 0 Å². The zero-order valence-electron chi connectivity index (χ0n) is 16.7. The third kappa shape index (κ3) is 5.88. The molecular weight excluding hydrogens is 373 g/mol. The summed E-state index contributed by atoms with van der Waals surface area (Å²) in [5.41, 5.74) is 8.22. The molecule has 0 heterocycles. The van der Waals surface area contributed by atoms with Crippen molar-refractivity contribution in [1.29, 1.82) is 0 Å². The standard InChI is InChI=1S/C22H28NO4P/c1-16(2)13-20(21(24)27-15-18-7-5-4-6-8-18)22(26-3,28-25)14-17-9-11-19(23)12-10-17/h4-12,16,20H,13-15,23H2,1-3H3/p+1. The SMILES string of the molecule is COC(Cc1ccc(N)cc1)([PH+]=O)C(CC(C)C)C(=O)OCc1ccccc1. The van der Waals surface area contributed by atoms with Gasteiger partial charge in [-0.3, -0.25) is 4.79 Å². The molecule has 5 nitrogen and oxygen atoms in total. The Morgan fingerprint density at radius 2 is 1.71 bits per heavy atom. The van der Waals surface area contributed by atoms with E-state index >= 15 is 0 Å². The lowest BCUT2D eigenvalue weighted by atomic mass is 9.87. The molecule has 0 spiro atoms. The van der Waals surface area contributed by atoms with Crippen LogP contribution in [0.3, 0.4) is 0 Å². The van der Waals surface area contributed by atoms with Gasteiger partial charge in [0.2, 0.25) is 0 Å². The minimum Gasteiger partial charge on any atom is -0.460 e. The molecule has 3 unspecified atom stereocenters. The molecule has 0 bridgehead atoms. The van der Waals surface area contributed by atoms with Crippen molar-refractivity contribution in [2.75, 3.05) is 12.8 Å². The quantitative estimate of drug-likeness (QED) is 0.357. The molecule has 2 rings (SSSR count). The Labute approximate surface area is 168 Å². The van der Waals surface area contributed by atoms with Crippen molar-refractivity contribution in [2.45, 2.75) is 38.6 Å². The minimum absolute atomic E-state index is 0.178. The minimum atomic E-state index is -1.14. The fourth-order valence-electron chi connectivity index (χ4n) is 3.20. The first-order valence-corrected chi connectivity index (χ1v) is 10.3. The smallest absolute Gasteiger partial charge is 0.361 e. The predicted octanol–water partition coefficient (Wildman–Crippen LogP) is 4.58. The van der Waals surface area contributed by atoms with Gasteiger partial charge in [0, 0.05) is 19.2 Å². The number of ether oxygens (including phenoxy) is 2. The maximum atomic E-state index is 13.0. The number of anilines is 1. The average molecular weight is 402 g/mol. The molecular formula is C22H29NO4P+. The van der Waals surface area contributed by atoms with Crippen LogP contribution in [0.25, 0.3) is 0 Å². The molecule has 0 radical (unpaired) electrons. The summed E-state index contributed by atoms with van der Waals surface area (Å²) in [7, 11) is 0.681. The molecule has 2 aromatic rings. The van der Waals surface area contributed by atoms with E-state index in [4.69, 9.17) is 15.2 Å². The Balaban J connectivity index is 2.25. The van der Waals surface area contributed by atoms with Gasteiger partial charge in [0.1, 0.15) is 12.5 Å². The van der Waals surface area contributed by atoms with Crippen LogP contribution in [0.2, 0.25) is 0 Å². The summed E-state index contributed by atoms with van der Waals surface area (Å²) < 4.78 is 23.6. The van der Waals surface area contributed by atoms with Gasteiger partial charge in [-0.05, 0) is 35.6 Å². The number of esters is 1. The lowest BCUT2D eigenvalue weighted by Crippen LogP contribution is -2.43. The number of rotatable bonds is 10. The van der Waals surface area contributed by atoms with Gasteiger partial charge in [-0.15, -0.1) is 0 Å². The van der Waals surface area contributed by atoms with Gasteiger partial charge in [-0.25, -0.2) is 0 Å². The second-order valence-corrected chi connectivity index (χ2v) is 8.44. The van der Waals surface area contributed by atoms with Crippen LogP contribution in [0.1, 0.15) is 31.4 Å². The summed E-state index contributed by atoms with van der Waals surface area (Å²) in [5.74, 6) is -0.820. The molecule has 6 heteroatoms. The van der Waals surface area contributed by atoms with Crippen LogP contribution in [0.4, 0.5) is 5.69 Å². The van der Waals surface area contributed by atoms with Crippen molar-refractivity contribution >= 4 is 20.1 Å². The number of methoxy groups -OCH3 is 1. The summed E-state index contributed by atoms with van der Waals surface area (Å²) >= 11 is 0. The van der Waals surface area contributed by atoms with E-state index in [1.165, 1.54) is 7.11 Å². The molecule has 0 aliphatic rings. The predicted molar refractivity (Wildman–Crippen MR) is 112 cm³/mol. The Morgan fingerprint density at radius 3 is 2.25 bits per heavy atom.